The van der Waals surface area contributed by atoms with Crippen molar-refractivity contribution in [3.63, 3.8) is 0 Å². The second kappa shape index (κ2) is 11.2. The van der Waals surface area contributed by atoms with Crippen LogP contribution in [0.4, 0.5) is 16.0 Å². The van der Waals surface area contributed by atoms with Gasteiger partial charge in [-0.3, -0.25) is 0 Å². The van der Waals surface area contributed by atoms with Crippen LogP contribution in [-0.4, -0.2) is 71.6 Å². The van der Waals surface area contributed by atoms with Gasteiger partial charge in [0.25, 0.3) is 0 Å². The van der Waals surface area contributed by atoms with E-state index in [1.807, 2.05) is 24.3 Å². The number of aliphatic hydroxyl groups excluding tert-OH is 1. The molecule has 0 radical (unpaired) electrons. The molecule has 0 atom stereocenters. The average molecular weight is 430 g/mol. The maximum Gasteiger partial charge on any atom is 0.223 e. The van der Waals surface area contributed by atoms with Crippen LogP contribution in [0.15, 0.2) is 30.5 Å². The van der Waals surface area contributed by atoms with E-state index in [1.165, 1.54) is 13.1 Å². The van der Waals surface area contributed by atoms with Gasteiger partial charge in [-0.05, 0) is 64.9 Å². The monoisotopic (exact) mass is 429 g/mol. The summed E-state index contributed by atoms with van der Waals surface area (Å²) in [6.45, 7) is 5.14. The van der Waals surface area contributed by atoms with E-state index in [0.717, 1.165) is 69.4 Å². The van der Waals surface area contributed by atoms with Crippen LogP contribution in [0.1, 0.15) is 32.6 Å². The van der Waals surface area contributed by atoms with Gasteiger partial charge in [0.15, 0.2) is 5.82 Å². The van der Waals surface area contributed by atoms with Crippen LogP contribution >= 0.6 is 0 Å². The molecule has 0 spiro atoms. The summed E-state index contributed by atoms with van der Waals surface area (Å²) in [6, 6.07) is 8.13. The Kier molecular flexibility index (Phi) is 8.31. The Balaban J connectivity index is 0.000000858. The number of rotatable bonds is 4. The highest BCUT2D eigenvalue weighted by Gasteiger charge is 2.20. The molecule has 0 bridgehead atoms. The normalized spacial score (nSPS) is 18.3. The van der Waals surface area contributed by atoms with Gasteiger partial charge in [-0.25, -0.2) is 14.4 Å². The molecule has 2 fully saturated rings. The number of carbonyl (C=O) groups is 1. The van der Waals surface area contributed by atoms with Crippen molar-refractivity contribution in [3.8, 4) is 11.3 Å². The number of likely N-dealkylation sites (tertiary alicyclic amines) is 1. The fraction of sp³-hybridized carbons (Fsp3) is 0.522. The molecule has 0 saturated carbocycles. The second-order valence-electron chi connectivity index (χ2n) is 8.12. The third kappa shape index (κ3) is 6.45. The Hall–Kier alpha value is -2.58. The van der Waals surface area contributed by atoms with Crippen LogP contribution in [0, 0.1) is 5.82 Å². The molecule has 8 heteroatoms. The van der Waals surface area contributed by atoms with Crippen molar-refractivity contribution in [1.82, 2.24) is 14.9 Å². The van der Waals surface area contributed by atoms with Crippen LogP contribution in [0.3, 0.4) is 0 Å². The SMILES string of the molecule is CC=O.CN1CCC(Nc2ncc(F)c(-c3cccc(N4CCC(O)CC4)c3)n2)CC1. The van der Waals surface area contributed by atoms with E-state index in [9.17, 15) is 9.50 Å². The summed E-state index contributed by atoms with van der Waals surface area (Å²) in [6.07, 6.45) is 5.37. The highest BCUT2D eigenvalue weighted by atomic mass is 19.1. The number of benzene rings is 1. The molecule has 1 aromatic heterocycles. The molecule has 2 aromatic rings. The van der Waals surface area contributed by atoms with E-state index in [0.29, 0.717) is 17.7 Å². The second-order valence-corrected chi connectivity index (χ2v) is 8.12. The lowest BCUT2D eigenvalue weighted by molar-refractivity contribution is -0.106. The van der Waals surface area contributed by atoms with Gasteiger partial charge in [0.05, 0.1) is 12.3 Å². The molecule has 0 aliphatic carbocycles. The summed E-state index contributed by atoms with van der Waals surface area (Å²) in [5.74, 6) is 0.0672. The maximum absolute atomic E-state index is 14.5. The van der Waals surface area contributed by atoms with E-state index >= 15 is 0 Å². The van der Waals surface area contributed by atoms with Crippen molar-refractivity contribution in [2.75, 3.05) is 43.4 Å². The predicted octanol–water partition coefficient (Wildman–Crippen LogP) is 2.96. The highest BCUT2D eigenvalue weighted by Crippen LogP contribution is 2.28. The zero-order valence-electron chi connectivity index (χ0n) is 18.3. The lowest BCUT2D eigenvalue weighted by Crippen LogP contribution is -2.37. The number of aromatic nitrogens is 2. The fourth-order valence-electron chi connectivity index (χ4n) is 3.95. The lowest BCUT2D eigenvalue weighted by Gasteiger charge is -2.31. The molecular weight excluding hydrogens is 397 g/mol. The summed E-state index contributed by atoms with van der Waals surface area (Å²) in [5, 5.41) is 13.1. The first-order valence-electron chi connectivity index (χ1n) is 10.9. The Morgan fingerprint density at radius 1 is 1.16 bits per heavy atom. The van der Waals surface area contributed by atoms with Gasteiger partial charge in [0.2, 0.25) is 5.95 Å². The number of hydrogen-bond acceptors (Lipinski definition) is 7. The zero-order valence-corrected chi connectivity index (χ0v) is 18.3. The van der Waals surface area contributed by atoms with Gasteiger partial charge in [0.1, 0.15) is 12.0 Å². The molecular formula is C23H32FN5O2. The number of nitrogens with zero attached hydrogens (tertiary/aromatic N) is 4. The van der Waals surface area contributed by atoms with Gasteiger partial charge >= 0.3 is 0 Å². The van der Waals surface area contributed by atoms with E-state index in [-0.39, 0.29) is 6.10 Å². The quantitative estimate of drug-likeness (QED) is 0.723. The van der Waals surface area contributed by atoms with E-state index < -0.39 is 5.82 Å². The van der Waals surface area contributed by atoms with Crippen LogP contribution in [0.5, 0.6) is 0 Å². The lowest BCUT2D eigenvalue weighted by atomic mass is 10.1. The number of aldehydes is 1. The molecule has 1 aromatic carbocycles. The summed E-state index contributed by atoms with van der Waals surface area (Å²) in [4.78, 5) is 22.0. The first-order valence-corrected chi connectivity index (χ1v) is 10.9. The molecule has 3 heterocycles. The summed E-state index contributed by atoms with van der Waals surface area (Å²) in [5.41, 5.74) is 2.10. The van der Waals surface area contributed by atoms with Crippen LogP contribution < -0.4 is 10.2 Å². The van der Waals surface area contributed by atoms with Crippen molar-refractivity contribution >= 4 is 17.9 Å². The number of nitrogens with one attached hydrogen (secondary N) is 1. The number of aliphatic hydroxyl groups is 1. The van der Waals surface area contributed by atoms with E-state index in [2.05, 4.69) is 32.1 Å². The number of carbonyl (C=O) groups excluding carboxylic acids is 1. The Labute approximate surface area is 183 Å². The topological polar surface area (TPSA) is 81.6 Å². The zero-order chi connectivity index (χ0) is 22.2. The third-order valence-corrected chi connectivity index (χ3v) is 5.75. The number of hydrogen-bond donors (Lipinski definition) is 2. The minimum absolute atomic E-state index is 0.216. The summed E-state index contributed by atoms with van der Waals surface area (Å²) in [7, 11) is 2.12. The molecule has 168 valence electrons. The molecule has 7 nitrogen and oxygen atoms in total. The van der Waals surface area contributed by atoms with Crippen molar-refractivity contribution in [2.24, 2.45) is 0 Å². The Morgan fingerprint density at radius 3 is 2.52 bits per heavy atom. The Morgan fingerprint density at radius 2 is 1.84 bits per heavy atom. The molecule has 31 heavy (non-hydrogen) atoms. The van der Waals surface area contributed by atoms with Crippen LogP contribution in [0.2, 0.25) is 0 Å². The molecule has 4 rings (SSSR count). The smallest absolute Gasteiger partial charge is 0.223 e. The minimum Gasteiger partial charge on any atom is -0.393 e. The number of piperidine rings is 2. The molecule has 2 saturated heterocycles. The van der Waals surface area contributed by atoms with E-state index in [1.54, 1.807) is 0 Å². The average Bonchev–Trinajstić information content (AvgIpc) is 2.78. The first kappa shape index (κ1) is 23.1. The predicted molar refractivity (Wildman–Crippen MR) is 121 cm³/mol. The first-order chi connectivity index (χ1) is 15.0. The van der Waals surface area contributed by atoms with Crippen LogP contribution in [-0.2, 0) is 4.79 Å². The third-order valence-electron chi connectivity index (χ3n) is 5.75. The highest BCUT2D eigenvalue weighted by molar-refractivity contribution is 5.67. The maximum atomic E-state index is 14.5. The van der Waals surface area contributed by atoms with Crippen molar-refractivity contribution in [1.29, 1.82) is 0 Å². The number of halogens is 1. The molecule has 0 amide bonds. The fourth-order valence-corrected chi connectivity index (χ4v) is 3.95. The molecule has 2 aliphatic heterocycles. The van der Waals surface area contributed by atoms with E-state index in [4.69, 9.17) is 4.79 Å². The minimum atomic E-state index is -0.417. The van der Waals surface area contributed by atoms with Gasteiger partial charge in [0, 0.05) is 30.4 Å². The van der Waals surface area contributed by atoms with Gasteiger partial charge in [-0.2, -0.15) is 0 Å². The molecule has 2 N–H and O–H groups in total. The summed E-state index contributed by atoms with van der Waals surface area (Å²) >= 11 is 0. The molecule has 0 unspecified atom stereocenters. The van der Waals surface area contributed by atoms with Crippen molar-refractivity contribution in [2.45, 2.75) is 44.8 Å². The van der Waals surface area contributed by atoms with Crippen molar-refractivity contribution in [3.05, 3.63) is 36.3 Å². The van der Waals surface area contributed by atoms with Gasteiger partial charge < -0.3 is 25.0 Å². The standard InChI is InChI=1S/C21H28FN5O.C2H4O/c1-26-9-5-16(6-10-26)24-21-23-14-19(22)20(25-21)15-3-2-4-17(13-15)27-11-7-18(28)8-12-27;1-2-3/h2-4,13-14,16,18,28H,5-12H2,1H3,(H,23,24,25);2H,1H3. The van der Waals surface area contributed by atoms with Crippen LogP contribution in [0.25, 0.3) is 11.3 Å². The van der Waals surface area contributed by atoms with Gasteiger partial charge in [-0.1, -0.05) is 12.1 Å². The Bertz CT molecular complexity index is 850. The van der Waals surface area contributed by atoms with Crippen molar-refractivity contribution < 1.29 is 14.3 Å². The molecule has 2 aliphatic rings. The summed E-state index contributed by atoms with van der Waals surface area (Å²) < 4.78 is 14.5. The number of anilines is 2. The van der Waals surface area contributed by atoms with Gasteiger partial charge in [-0.15, -0.1) is 0 Å². The largest absolute Gasteiger partial charge is 0.393 e.